The molecule has 1 aliphatic carbocycles. The van der Waals surface area contributed by atoms with Crippen molar-refractivity contribution in [3.05, 3.63) is 24.5 Å². The van der Waals surface area contributed by atoms with Gasteiger partial charge in [0.25, 0.3) is 0 Å². The van der Waals surface area contributed by atoms with Gasteiger partial charge in [0.05, 0.1) is 12.7 Å². The molecule has 1 fully saturated rings. The van der Waals surface area contributed by atoms with Crippen molar-refractivity contribution in [1.82, 2.24) is 15.6 Å². The average Bonchev–Trinajstić information content (AvgIpc) is 2.53. The Kier molecular flexibility index (Phi) is 8.65. The molecule has 0 aromatic carbocycles. The molecule has 23 heavy (non-hydrogen) atoms. The second kappa shape index (κ2) is 9.95. The van der Waals surface area contributed by atoms with E-state index in [1.165, 1.54) is 25.7 Å². The second-order valence-electron chi connectivity index (χ2n) is 6.62. The number of ether oxygens (including phenoxy) is 1. The van der Waals surface area contributed by atoms with Gasteiger partial charge in [-0.15, -0.1) is 24.0 Å². The van der Waals surface area contributed by atoms with Crippen molar-refractivity contribution in [2.75, 3.05) is 20.2 Å². The summed E-state index contributed by atoms with van der Waals surface area (Å²) >= 11 is 0. The van der Waals surface area contributed by atoms with Crippen LogP contribution in [-0.2, 0) is 0 Å². The van der Waals surface area contributed by atoms with Gasteiger partial charge < -0.3 is 15.4 Å². The molecule has 0 saturated heterocycles. The summed E-state index contributed by atoms with van der Waals surface area (Å²) in [6.07, 6.45) is 8.41. The van der Waals surface area contributed by atoms with Crippen molar-refractivity contribution in [3.63, 3.8) is 0 Å². The van der Waals surface area contributed by atoms with Gasteiger partial charge in [-0.1, -0.05) is 13.8 Å². The summed E-state index contributed by atoms with van der Waals surface area (Å²) in [5.41, 5.74) is 0.493. The Hall–Kier alpha value is -1.05. The third-order valence-corrected chi connectivity index (χ3v) is 4.20. The van der Waals surface area contributed by atoms with Crippen LogP contribution in [0, 0.1) is 5.41 Å². The first-order valence-electron chi connectivity index (χ1n) is 8.09. The minimum absolute atomic E-state index is 0. The molecule has 6 heteroatoms. The first-order valence-corrected chi connectivity index (χ1v) is 8.09. The van der Waals surface area contributed by atoms with Gasteiger partial charge >= 0.3 is 0 Å². The zero-order valence-corrected chi connectivity index (χ0v) is 16.7. The van der Waals surface area contributed by atoms with Crippen LogP contribution >= 0.6 is 24.0 Å². The summed E-state index contributed by atoms with van der Waals surface area (Å²) in [5.74, 6) is 1.65. The van der Waals surface area contributed by atoms with E-state index in [0.29, 0.717) is 24.6 Å². The van der Waals surface area contributed by atoms with Gasteiger partial charge in [-0.05, 0) is 43.2 Å². The van der Waals surface area contributed by atoms with Crippen molar-refractivity contribution in [2.45, 2.75) is 45.6 Å². The first kappa shape index (κ1) is 20.0. The Labute approximate surface area is 156 Å². The monoisotopic (exact) mass is 432 g/mol. The molecule has 0 spiro atoms. The number of guanidine groups is 1. The maximum atomic E-state index is 5.61. The van der Waals surface area contributed by atoms with Crippen LogP contribution in [0.3, 0.4) is 0 Å². The number of hydrogen-bond donors (Lipinski definition) is 2. The van der Waals surface area contributed by atoms with E-state index < -0.39 is 0 Å². The maximum absolute atomic E-state index is 5.61. The van der Waals surface area contributed by atoms with E-state index in [0.717, 1.165) is 11.7 Å². The molecule has 1 heterocycles. The molecule has 1 saturated carbocycles. The summed E-state index contributed by atoms with van der Waals surface area (Å²) in [6.45, 7) is 6.01. The van der Waals surface area contributed by atoms with Crippen molar-refractivity contribution < 1.29 is 4.74 Å². The molecule has 2 N–H and O–H groups in total. The molecular formula is C17H29IN4O. The standard InChI is InChI=1S/C17H28N4O.HI/c1-17(2)8-6-14(7-9-17)21-16(18-3)20-11-12-22-15-5-4-10-19-13-15;/h4-5,10,13-14H,6-9,11-12H2,1-3H3,(H2,18,20,21);1H. The number of rotatable bonds is 5. The Morgan fingerprint density at radius 2 is 2.13 bits per heavy atom. The second-order valence-corrected chi connectivity index (χ2v) is 6.62. The van der Waals surface area contributed by atoms with Crippen LogP contribution in [0.5, 0.6) is 5.75 Å². The number of nitrogens with one attached hydrogen (secondary N) is 2. The number of pyridine rings is 1. The molecule has 5 nitrogen and oxygen atoms in total. The van der Waals surface area contributed by atoms with Gasteiger partial charge in [0.1, 0.15) is 12.4 Å². The van der Waals surface area contributed by atoms with Gasteiger partial charge in [0, 0.05) is 19.3 Å². The third kappa shape index (κ3) is 7.37. The Bertz CT molecular complexity index is 469. The molecule has 0 atom stereocenters. The molecule has 0 bridgehead atoms. The zero-order valence-electron chi connectivity index (χ0n) is 14.3. The molecule has 1 aromatic rings. The fraction of sp³-hybridized carbons (Fsp3) is 0.647. The highest BCUT2D eigenvalue weighted by Gasteiger charge is 2.26. The normalized spacial score (nSPS) is 18.0. The third-order valence-electron chi connectivity index (χ3n) is 4.20. The maximum Gasteiger partial charge on any atom is 0.191 e. The largest absolute Gasteiger partial charge is 0.490 e. The Balaban J connectivity index is 0.00000264. The van der Waals surface area contributed by atoms with Gasteiger partial charge in [0.2, 0.25) is 0 Å². The van der Waals surface area contributed by atoms with E-state index in [1.54, 1.807) is 12.4 Å². The van der Waals surface area contributed by atoms with Gasteiger partial charge in [-0.2, -0.15) is 0 Å². The molecule has 0 unspecified atom stereocenters. The minimum atomic E-state index is 0. The van der Waals surface area contributed by atoms with Crippen molar-refractivity contribution in [3.8, 4) is 5.75 Å². The van der Waals surface area contributed by atoms with Crippen LogP contribution in [0.4, 0.5) is 0 Å². The zero-order chi connectivity index (χ0) is 15.8. The van der Waals surface area contributed by atoms with Crippen LogP contribution in [0.2, 0.25) is 0 Å². The van der Waals surface area contributed by atoms with Crippen LogP contribution in [0.25, 0.3) is 0 Å². The lowest BCUT2D eigenvalue weighted by Gasteiger charge is -2.35. The fourth-order valence-corrected chi connectivity index (χ4v) is 2.70. The number of aromatic nitrogens is 1. The van der Waals surface area contributed by atoms with Crippen LogP contribution in [0.15, 0.2) is 29.5 Å². The highest BCUT2D eigenvalue weighted by atomic mass is 127. The van der Waals surface area contributed by atoms with E-state index in [-0.39, 0.29) is 24.0 Å². The predicted molar refractivity (Wildman–Crippen MR) is 106 cm³/mol. The molecule has 0 amide bonds. The summed E-state index contributed by atoms with van der Waals surface area (Å²) in [5, 5.41) is 6.81. The van der Waals surface area contributed by atoms with E-state index in [9.17, 15) is 0 Å². The summed E-state index contributed by atoms with van der Waals surface area (Å²) in [7, 11) is 1.81. The molecule has 130 valence electrons. The van der Waals surface area contributed by atoms with Crippen LogP contribution in [-0.4, -0.2) is 37.2 Å². The Morgan fingerprint density at radius 3 is 2.74 bits per heavy atom. The molecule has 2 rings (SSSR count). The van der Waals surface area contributed by atoms with E-state index in [2.05, 4.69) is 34.5 Å². The fourth-order valence-electron chi connectivity index (χ4n) is 2.70. The lowest BCUT2D eigenvalue weighted by atomic mass is 9.75. The molecule has 1 aromatic heterocycles. The quantitative estimate of drug-likeness (QED) is 0.325. The lowest BCUT2D eigenvalue weighted by molar-refractivity contribution is 0.216. The van der Waals surface area contributed by atoms with Gasteiger partial charge in [-0.25, -0.2) is 0 Å². The predicted octanol–water partition coefficient (Wildman–Crippen LogP) is 3.21. The lowest BCUT2D eigenvalue weighted by Crippen LogP contribution is -2.46. The van der Waals surface area contributed by atoms with Gasteiger partial charge in [-0.3, -0.25) is 9.98 Å². The SMILES string of the molecule is CN=C(NCCOc1cccnc1)NC1CCC(C)(C)CC1.I. The van der Waals surface area contributed by atoms with Gasteiger partial charge in [0.15, 0.2) is 5.96 Å². The number of halogens is 1. The summed E-state index contributed by atoms with van der Waals surface area (Å²) in [4.78, 5) is 8.31. The number of nitrogens with zero attached hydrogens (tertiary/aromatic N) is 2. The van der Waals surface area contributed by atoms with Crippen LogP contribution < -0.4 is 15.4 Å². The van der Waals surface area contributed by atoms with Crippen molar-refractivity contribution in [1.29, 1.82) is 0 Å². The smallest absolute Gasteiger partial charge is 0.191 e. The van der Waals surface area contributed by atoms with E-state index >= 15 is 0 Å². The highest BCUT2D eigenvalue weighted by molar-refractivity contribution is 14.0. The first-order chi connectivity index (χ1) is 10.6. The molecule has 0 radical (unpaired) electrons. The summed E-state index contributed by atoms with van der Waals surface area (Å²) < 4.78 is 5.61. The number of aliphatic imine (C=N–C) groups is 1. The average molecular weight is 432 g/mol. The Morgan fingerprint density at radius 1 is 1.39 bits per heavy atom. The van der Waals surface area contributed by atoms with Crippen LogP contribution in [0.1, 0.15) is 39.5 Å². The molecule has 1 aliphatic rings. The summed E-state index contributed by atoms with van der Waals surface area (Å²) in [6, 6.07) is 4.30. The van der Waals surface area contributed by atoms with Crippen molar-refractivity contribution in [2.24, 2.45) is 10.4 Å². The molecular weight excluding hydrogens is 403 g/mol. The highest BCUT2D eigenvalue weighted by Crippen LogP contribution is 2.34. The number of hydrogen-bond acceptors (Lipinski definition) is 3. The minimum Gasteiger partial charge on any atom is -0.490 e. The van der Waals surface area contributed by atoms with E-state index in [4.69, 9.17) is 4.74 Å². The van der Waals surface area contributed by atoms with Crippen molar-refractivity contribution >= 4 is 29.9 Å². The topological polar surface area (TPSA) is 58.5 Å². The molecule has 0 aliphatic heterocycles. The van der Waals surface area contributed by atoms with E-state index in [1.807, 2.05) is 19.2 Å².